The fraction of sp³-hybridized carbons (Fsp3) is 0.0952. The number of amides is 1. The number of hydrogen-bond acceptors (Lipinski definition) is 2. The van der Waals surface area contributed by atoms with Crippen LogP contribution in [-0.4, -0.2) is 12.5 Å². The maximum atomic E-state index is 12.5. The minimum Gasteiger partial charge on any atom is -0.464 e. The van der Waals surface area contributed by atoms with Crippen LogP contribution in [0.3, 0.4) is 0 Å². The summed E-state index contributed by atoms with van der Waals surface area (Å²) in [6.45, 7) is 0.575. The third-order valence-corrected chi connectivity index (χ3v) is 4.28. The molecule has 118 valence electrons. The molecule has 0 aliphatic rings. The Hall–Kier alpha value is -3.07. The molecule has 4 aromatic rings. The summed E-state index contributed by atoms with van der Waals surface area (Å²) in [4.78, 5) is 12.5. The smallest absolute Gasteiger partial charge is 0.251 e. The highest BCUT2D eigenvalue weighted by molar-refractivity contribution is 6.07. The summed E-state index contributed by atoms with van der Waals surface area (Å²) in [5, 5.41) is 6.17. The third kappa shape index (κ3) is 2.65. The van der Waals surface area contributed by atoms with Gasteiger partial charge in [-0.05, 0) is 34.9 Å². The van der Waals surface area contributed by atoms with Gasteiger partial charge in [0.2, 0.25) is 0 Å². The molecular formula is C21H17NO2. The SMILES string of the molecule is O=C(NCCc1coc2ccccc12)c1cccc2ccccc12. The Morgan fingerprint density at radius 2 is 1.62 bits per heavy atom. The summed E-state index contributed by atoms with van der Waals surface area (Å²) in [7, 11) is 0. The van der Waals surface area contributed by atoms with E-state index >= 15 is 0 Å². The number of carbonyl (C=O) groups is 1. The average Bonchev–Trinajstić information content (AvgIpc) is 3.04. The molecule has 0 fully saturated rings. The zero-order valence-electron chi connectivity index (χ0n) is 13.2. The van der Waals surface area contributed by atoms with E-state index in [4.69, 9.17) is 4.42 Å². The van der Waals surface area contributed by atoms with Crippen molar-refractivity contribution in [1.29, 1.82) is 0 Å². The molecule has 1 amide bonds. The lowest BCUT2D eigenvalue weighted by Crippen LogP contribution is -2.25. The molecule has 0 aliphatic heterocycles. The first kappa shape index (κ1) is 14.5. The minimum absolute atomic E-state index is 0.0420. The molecule has 0 saturated carbocycles. The highest BCUT2D eigenvalue weighted by Gasteiger charge is 2.10. The Bertz CT molecular complexity index is 1010. The largest absolute Gasteiger partial charge is 0.464 e. The van der Waals surface area contributed by atoms with Gasteiger partial charge in [-0.25, -0.2) is 0 Å². The molecule has 3 heteroatoms. The maximum absolute atomic E-state index is 12.5. The van der Waals surface area contributed by atoms with Gasteiger partial charge in [0, 0.05) is 17.5 Å². The molecule has 0 radical (unpaired) electrons. The number of nitrogens with one attached hydrogen (secondary N) is 1. The van der Waals surface area contributed by atoms with E-state index in [9.17, 15) is 4.79 Å². The molecule has 0 bridgehead atoms. The van der Waals surface area contributed by atoms with Crippen LogP contribution in [0, 0.1) is 0 Å². The molecule has 1 N–H and O–H groups in total. The van der Waals surface area contributed by atoms with Gasteiger partial charge in [-0.3, -0.25) is 4.79 Å². The molecule has 4 rings (SSSR count). The lowest BCUT2D eigenvalue weighted by molar-refractivity contribution is 0.0956. The monoisotopic (exact) mass is 315 g/mol. The molecular weight excluding hydrogens is 298 g/mol. The maximum Gasteiger partial charge on any atom is 0.251 e. The van der Waals surface area contributed by atoms with Crippen LogP contribution in [0.2, 0.25) is 0 Å². The predicted molar refractivity (Wildman–Crippen MR) is 96.2 cm³/mol. The van der Waals surface area contributed by atoms with E-state index in [2.05, 4.69) is 5.32 Å². The summed E-state index contributed by atoms with van der Waals surface area (Å²) in [5.41, 5.74) is 2.71. The van der Waals surface area contributed by atoms with Gasteiger partial charge in [0.25, 0.3) is 5.91 Å². The molecule has 3 nitrogen and oxygen atoms in total. The van der Waals surface area contributed by atoms with Crippen molar-refractivity contribution >= 4 is 27.6 Å². The van der Waals surface area contributed by atoms with Crippen molar-refractivity contribution in [3.63, 3.8) is 0 Å². The van der Waals surface area contributed by atoms with E-state index in [1.807, 2.05) is 66.7 Å². The Morgan fingerprint density at radius 1 is 0.875 bits per heavy atom. The normalized spacial score (nSPS) is 11.0. The summed E-state index contributed by atoms with van der Waals surface area (Å²) in [6, 6.07) is 21.7. The molecule has 24 heavy (non-hydrogen) atoms. The molecule has 0 aliphatic carbocycles. The first-order valence-electron chi connectivity index (χ1n) is 8.04. The Labute approximate surface area is 139 Å². The number of carbonyl (C=O) groups excluding carboxylic acids is 1. The number of furan rings is 1. The van der Waals surface area contributed by atoms with Crippen LogP contribution in [0.15, 0.2) is 77.4 Å². The van der Waals surface area contributed by atoms with Crippen molar-refractivity contribution in [2.75, 3.05) is 6.54 Å². The quantitative estimate of drug-likeness (QED) is 0.600. The average molecular weight is 315 g/mol. The van der Waals surface area contributed by atoms with Gasteiger partial charge in [0.1, 0.15) is 5.58 Å². The zero-order chi connectivity index (χ0) is 16.4. The number of hydrogen-bond donors (Lipinski definition) is 1. The zero-order valence-corrected chi connectivity index (χ0v) is 13.2. The fourth-order valence-electron chi connectivity index (χ4n) is 3.06. The van der Waals surface area contributed by atoms with Gasteiger partial charge in [-0.15, -0.1) is 0 Å². The van der Waals surface area contributed by atoms with E-state index in [-0.39, 0.29) is 5.91 Å². The van der Waals surface area contributed by atoms with Crippen LogP contribution < -0.4 is 5.32 Å². The van der Waals surface area contributed by atoms with Crippen molar-refractivity contribution < 1.29 is 9.21 Å². The third-order valence-electron chi connectivity index (χ3n) is 4.28. The molecule has 1 aromatic heterocycles. The van der Waals surface area contributed by atoms with Crippen LogP contribution in [0.5, 0.6) is 0 Å². The number of fused-ring (bicyclic) bond motifs is 2. The molecule has 1 heterocycles. The Morgan fingerprint density at radius 3 is 2.54 bits per heavy atom. The minimum atomic E-state index is -0.0420. The van der Waals surface area contributed by atoms with Crippen LogP contribution in [-0.2, 0) is 6.42 Å². The highest BCUT2D eigenvalue weighted by atomic mass is 16.3. The summed E-state index contributed by atoms with van der Waals surface area (Å²) < 4.78 is 5.54. The van der Waals surface area contributed by atoms with Crippen molar-refractivity contribution in [3.8, 4) is 0 Å². The lowest BCUT2D eigenvalue weighted by Gasteiger charge is -2.07. The van der Waals surface area contributed by atoms with Crippen molar-refractivity contribution in [2.45, 2.75) is 6.42 Å². The van der Waals surface area contributed by atoms with Crippen molar-refractivity contribution in [3.05, 3.63) is 84.1 Å². The van der Waals surface area contributed by atoms with E-state index in [1.54, 1.807) is 6.26 Å². The number of rotatable bonds is 4. The van der Waals surface area contributed by atoms with Crippen molar-refractivity contribution in [2.24, 2.45) is 0 Å². The summed E-state index contributed by atoms with van der Waals surface area (Å²) >= 11 is 0. The molecule has 0 saturated heterocycles. The fourth-order valence-corrected chi connectivity index (χ4v) is 3.06. The van der Waals surface area contributed by atoms with Gasteiger partial charge < -0.3 is 9.73 Å². The van der Waals surface area contributed by atoms with Gasteiger partial charge in [0.05, 0.1) is 6.26 Å². The number of benzene rings is 3. The van der Waals surface area contributed by atoms with Gasteiger partial charge in [-0.2, -0.15) is 0 Å². The first-order valence-corrected chi connectivity index (χ1v) is 8.04. The van der Waals surface area contributed by atoms with Crippen molar-refractivity contribution in [1.82, 2.24) is 5.32 Å². The van der Waals surface area contributed by atoms with Crippen LogP contribution in [0.4, 0.5) is 0 Å². The van der Waals surface area contributed by atoms with E-state index in [0.717, 1.165) is 33.7 Å². The summed E-state index contributed by atoms with van der Waals surface area (Å²) in [6.07, 6.45) is 2.52. The topological polar surface area (TPSA) is 42.2 Å². The lowest BCUT2D eigenvalue weighted by atomic mass is 10.0. The highest BCUT2D eigenvalue weighted by Crippen LogP contribution is 2.21. The molecule has 3 aromatic carbocycles. The van der Waals surface area contributed by atoms with Crippen LogP contribution in [0.25, 0.3) is 21.7 Å². The second-order valence-corrected chi connectivity index (χ2v) is 5.79. The molecule has 0 atom stereocenters. The second-order valence-electron chi connectivity index (χ2n) is 5.79. The van der Waals surface area contributed by atoms with Gasteiger partial charge in [0.15, 0.2) is 0 Å². The molecule has 0 unspecified atom stereocenters. The summed E-state index contributed by atoms with van der Waals surface area (Å²) in [5.74, 6) is -0.0420. The van der Waals surface area contributed by atoms with Crippen LogP contribution >= 0.6 is 0 Å². The molecule has 0 spiro atoms. The van der Waals surface area contributed by atoms with E-state index in [0.29, 0.717) is 12.1 Å². The van der Waals surface area contributed by atoms with E-state index < -0.39 is 0 Å². The first-order chi connectivity index (χ1) is 11.8. The predicted octanol–water partition coefficient (Wildman–Crippen LogP) is 4.56. The van der Waals surface area contributed by atoms with Crippen LogP contribution in [0.1, 0.15) is 15.9 Å². The second kappa shape index (κ2) is 6.20. The Kier molecular flexibility index (Phi) is 3.75. The number of para-hydroxylation sites is 1. The van der Waals surface area contributed by atoms with Gasteiger partial charge >= 0.3 is 0 Å². The van der Waals surface area contributed by atoms with E-state index in [1.165, 1.54) is 0 Å². The standard InChI is InChI=1S/C21H17NO2/c23-21(19-10-5-7-15-6-1-2-8-17(15)19)22-13-12-16-14-24-20-11-4-3-9-18(16)20/h1-11,14H,12-13H2,(H,22,23). The van der Waals surface area contributed by atoms with Gasteiger partial charge in [-0.1, -0.05) is 54.6 Å². The Balaban J connectivity index is 1.48.